The molecule has 3 rings (SSSR count). The number of para-hydroxylation sites is 1. The number of likely N-dealkylation sites (tertiary alicyclic amines) is 1. The summed E-state index contributed by atoms with van der Waals surface area (Å²) in [6.45, 7) is 7.59. The minimum absolute atomic E-state index is 0.475. The Balaban J connectivity index is 1.45. The fourth-order valence-electron chi connectivity index (χ4n) is 3.44. The molecule has 0 radical (unpaired) electrons. The second-order valence-electron chi connectivity index (χ2n) is 6.89. The Morgan fingerprint density at radius 2 is 1.88 bits per heavy atom. The molecule has 1 heterocycles. The molecule has 2 aromatic rings. The van der Waals surface area contributed by atoms with Crippen molar-refractivity contribution < 1.29 is 0 Å². The van der Waals surface area contributed by atoms with Crippen LogP contribution in [0.3, 0.4) is 0 Å². The molecule has 0 aromatic heterocycles. The fraction of sp³-hybridized carbons (Fsp3) is 0.381. The summed E-state index contributed by atoms with van der Waals surface area (Å²) in [4.78, 5) is 2.57. The van der Waals surface area contributed by atoms with Gasteiger partial charge in [-0.3, -0.25) is 4.90 Å². The zero-order valence-corrected chi connectivity index (χ0v) is 15.9. The molecule has 3 nitrogen and oxygen atoms in total. The lowest BCUT2D eigenvalue weighted by molar-refractivity contribution is 0.253. The van der Waals surface area contributed by atoms with E-state index in [-0.39, 0.29) is 0 Å². The predicted molar refractivity (Wildman–Crippen MR) is 110 cm³/mol. The van der Waals surface area contributed by atoms with Crippen LogP contribution in [0.2, 0.25) is 0 Å². The second-order valence-corrected chi connectivity index (χ2v) is 7.29. The lowest BCUT2D eigenvalue weighted by Crippen LogP contribution is -2.34. The third-order valence-corrected chi connectivity index (χ3v) is 5.34. The maximum Gasteiger partial charge on any atom is 0.170 e. The summed E-state index contributed by atoms with van der Waals surface area (Å²) in [6.07, 6.45) is 1.22. The van der Waals surface area contributed by atoms with E-state index in [0.717, 1.165) is 25.3 Å². The van der Waals surface area contributed by atoms with Crippen LogP contribution in [-0.4, -0.2) is 29.6 Å². The van der Waals surface area contributed by atoms with E-state index in [1.807, 2.05) is 12.1 Å². The van der Waals surface area contributed by atoms with Gasteiger partial charge in [-0.2, -0.15) is 0 Å². The van der Waals surface area contributed by atoms with Crippen LogP contribution in [0.4, 0.5) is 5.69 Å². The van der Waals surface area contributed by atoms with Gasteiger partial charge >= 0.3 is 0 Å². The number of thiocarbonyl (C=S) groups is 1. The van der Waals surface area contributed by atoms with Crippen LogP contribution in [0.5, 0.6) is 0 Å². The van der Waals surface area contributed by atoms with Gasteiger partial charge in [0.2, 0.25) is 0 Å². The first kappa shape index (κ1) is 17.9. The van der Waals surface area contributed by atoms with Crippen molar-refractivity contribution in [2.75, 3.05) is 25.0 Å². The van der Waals surface area contributed by atoms with Crippen molar-refractivity contribution in [3.05, 3.63) is 65.7 Å². The highest BCUT2D eigenvalue weighted by Crippen LogP contribution is 2.26. The highest BCUT2D eigenvalue weighted by Gasteiger charge is 2.26. The van der Waals surface area contributed by atoms with E-state index in [9.17, 15) is 0 Å². The van der Waals surface area contributed by atoms with Crippen LogP contribution in [0.15, 0.2) is 54.6 Å². The molecule has 0 spiro atoms. The average Bonchev–Trinajstić information content (AvgIpc) is 3.11. The van der Waals surface area contributed by atoms with Gasteiger partial charge in [0.15, 0.2) is 5.11 Å². The number of nitrogens with zero attached hydrogens (tertiary/aromatic N) is 1. The largest absolute Gasteiger partial charge is 0.362 e. The summed E-state index contributed by atoms with van der Waals surface area (Å²) in [5, 5.41) is 7.41. The number of aryl methyl sites for hydroxylation is 1. The molecule has 2 N–H and O–H groups in total. The molecule has 1 aliphatic rings. The molecule has 2 aromatic carbocycles. The molecule has 0 aliphatic carbocycles. The molecule has 25 heavy (non-hydrogen) atoms. The van der Waals surface area contributed by atoms with Gasteiger partial charge in [-0.15, -0.1) is 0 Å². The normalized spacial score (nSPS) is 18.7. The highest BCUT2D eigenvalue weighted by atomic mass is 32.1. The van der Waals surface area contributed by atoms with Crippen molar-refractivity contribution in [1.82, 2.24) is 10.2 Å². The zero-order chi connectivity index (χ0) is 17.6. The van der Waals surface area contributed by atoms with Crippen LogP contribution in [0.25, 0.3) is 0 Å². The van der Waals surface area contributed by atoms with Crippen LogP contribution >= 0.6 is 12.2 Å². The Morgan fingerprint density at radius 1 is 1.16 bits per heavy atom. The number of hydrogen-bond donors (Lipinski definition) is 2. The maximum atomic E-state index is 5.45. The molecule has 2 atom stereocenters. The van der Waals surface area contributed by atoms with E-state index in [1.165, 1.54) is 17.5 Å². The number of anilines is 1. The SMILES string of the molecule is Cc1ccccc1NC(=S)NC[C@H]1CCN([C@H](C)c2ccccc2)C1. The van der Waals surface area contributed by atoms with Crippen molar-refractivity contribution in [2.45, 2.75) is 26.3 Å². The molecule has 1 fully saturated rings. The summed E-state index contributed by atoms with van der Waals surface area (Å²) >= 11 is 5.45. The van der Waals surface area contributed by atoms with Gasteiger partial charge in [-0.1, -0.05) is 48.5 Å². The molecular weight excluding hydrogens is 326 g/mol. The van der Waals surface area contributed by atoms with Crippen LogP contribution in [0, 0.1) is 12.8 Å². The zero-order valence-electron chi connectivity index (χ0n) is 15.0. The Morgan fingerprint density at radius 3 is 2.64 bits per heavy atom. The molecule has 132 valence electrons. The quantitative estimate of drug-likeness (QED) is 0.781. The fourth-order valence-corrected chi connectivity index (χ4v) is 3.63. The molecule has 1 aliphatic heterocycles. The first-order valence-corrected chi connectivity index (χ1v) is 9.44. The summed E-state index contributed by atoms with van der Waals surface area (Å²) in [5.74, 6) is 0.641. The first-order valence-electron chi connectivity index (χ1n) is 9.03. The molecule has 0 saturated carbocycles. The molecule has 4 heteroatoms. The Labute approximate surface area is 156 Å². The third-order valence-electron chi connectivity index (χ3n) is 5.09. The van der Waals surface area contributed by atoms with Crippen LogP contribution < -0.4 is 10.6 Å². The Kier molecular flexibility index (Phi) is 6.05. The van der Waals surface area contributed by atoms with E-state index in [1.54, 1.807) is 0 Å². The van der Waals surface area contributed by atoms with Crippen LogP contribution in [-0.2, 0) is 0 Å². The van der Waals surface area contributed by atoms with Gasteiger partial charge in [0.1, 0.15) is 0 Å². The Bertz CT molecular complexity index is 701. The Hall–Kier alpha value is -1.91. The van der Waals surface area contributed by atoms with Gasteiger partial charge in [0, 0.05) is 24.8 Å². The summed E-state index contributed by atoms with van der Waals surface area (Å²) in [5.41, 5.74) is 3.67. The minimum atomic E-state index is 0.475. The number of benzene rings is 2. The van der Waals surface area contributed by atoms with Gasteiger partial charge in [0.25, 0.3) is 0 Å². The van der Waals surface area contributed by atoms with Crippen molar-refractivity contribution in [3.8, 4) is 0 Å². The summed E-state index contributed by atoms with van der Waals surface area (Å²) < 4.78 is 0. The molecule has 0 unspecified atom stereocenters. The monoisotopic (exact) mass is 353 g/mol. The van der Waals surface area contributed by atoms with Gasteiger partial charge in [-0.05, 0) is 62.1 Å². The summed E-state index contributed by atoms with van der Waals surface area (Å²) in [7, 11) is 0. The number of rotatable bonds is 5. The van der Waals surface area contributed by atoms with E-state index >= 15 is 0 Å². The topological polar surface area (TPSA) is 27.3 Å². The van der Waals surface area contributed by atoms with Crippen LogP contribution in [0.1, 0.15) is 30.5 Å². The predicted octanol–water partition coefficient (Wildman–Crippen LogP) is 4.36. The van der Waals surface area contributed by atoms with Gasteiger partial charge < -0.3 is 10.6 Å². The lowest BCUT2D eigenvalue weighted by atomic mass is 10.1. The van der Waals surface area contributed by atoms with Crippen molar-refractivity contribution >= 4 is 23.0 Å². The standard InChI is InChI=1S/C21H27N3S/c1-16-8-6-7-11-20(16)23-21(25)22-14-18-12-13-24(15-18)17(2)19-9-4-3-5-10-19/h3-11,17-18H,12-15H2,1-2H3,(H2,22,23,25)/t17-,18-/m1/s1. The first-order chi connectivity index (χ1) is 12.1. The molecular formula is C21H27N3S. The van der Waals surface area contributed by atoms with Crippen molar-refractivity contribution in [1.29, 1.82) is 0 Å². The molecule has 0 amide bonds. The smallest absolute Gasteiger partial charge is 0.170 e. The maximum absolute atomic E-state index is 5.45. The average molecular weight is 354 g/mol. The van der Waals surface area contributed by atoms with Gasteiger partial charge in [0.05, 0.1) is 0 Å². The molecule has 0 bridgehead atoms. The van der Waals surface area contributed by atoms with E-state index in [4.69, 9.17) is 12.2 Å². The van der Waals surface area contributed by atoms with Gasteiger partial charge in [-0.25, -0.2) is 0 Å². The highest BCUT2D eigenvalue weighted by molar-refractivity contribution is 7.80. The second kappa shape index (κ2) is 8.45. The van der Waals surface area contributed by atoms with Crippen molar-refractivity contribution in [2.24, 2.45) is 5.92 Å². The third kappa shape index (κ3) is 4.80. The minimum Gasteiger partial charge on any atom is -0.362 e. The number of hydrogen-bond acceptors (Lipinski definition) is 2. The van der Waals surface area contributed by atoms with E-state index < -0.39 is 0 Å². The van der Waals surface area contributed by atoms with E-state index in [0.29, 0.717) is 17.1 Å². The number of nitrogens with one attached hydrogen (secondary N) is 2. The lowest BCUT2D eigenvalue weighted by Gasteiger charge is -2.25. The van der Waals surface area contributed by atoms with Crippen molar-refractivity contribution in [3.63, 3.8) is 0 Å². The molecule has 1 saturated heterocycles. The summed E-state index contributed by atoms with van der Waals surface area (Å²) in [6, 6.07) is 19.4. The van der Waals surface area contributed by atoms with E-state index in [2.05, 4.69) is 71.8 Å².